The zero-order chi connectivity index (χ0) is 15.7. The van der Waals surface area contributed by atoms with Gasteiger partial charge in [0, 0.05) is 31.6 Å². The lowest BCUT2D eigenvalue weighted by atomic mass is 10.1. The summed E-state index contributed by atoms with van der Waals surface area (Å²) in [6, 6.07) is 2.65. The molecule has 1 aromatic heterocycles. The normalized spacial score (nSPS) is 21.3. The number of likely N-dealkylation sites (N-methyl/N-ethyl adjacent to an activating group) is 1. The Kier molecular flexibility index (Phi) is 4.66. The van der Waals surface area contributed by atoms with E-state index < -0.39 is 19.9 Å². The summed E-state index contributed by atoms with van der Waals surface area (Å²) < 4.78 is 49.1. The molecule has 21 heavy (non-hydrogen) atoms. The molecule has 7 nitrogen and oxygen atoms in total. The predicted octanol–water partition coefficient (Wildman–Crippen LogP) is -0.142. The van der Waals surface area contributed by atoms with Crippen LogP contribution in [0.5, 0.6) is 0 Å². The van der Waals surface area contributed by atoms with Gasteiger partial charge in [-0.1, -0.05) is 0 Å². The smallest absolute Gasteiger partial charge is 0.244 e. The first-order chi connectivity index (χ1) is 9.75. The summed E-state index contributed by atoms with van der Waals surface area (Å²) in [6.45, 7) is 0.876. The van der Waals surface area contributed by atoms with Crippen molar-refractivity contribution >= 4 is 19.9 Å². The molecule has 1 saturated heterocycles. The third kappa shape index (κ3) is 3.60. The van der Waals surface area contributed by atoms with Gasteiger partial charge in [0.05, 0.1) is 0 Å². The van der Waals surface area contributed by atoms with E-state index in [4.69, 9.17) is 0 Å². The molecule has 0 amide bonds. The quantitative estimate of drug-likeness (QED) is 0.824. The predicted molar refractivity (Wildman–Crippen MR) is 78.2 cm³/mol. The zero-order valence-electron chi connectivity index (χ0n) is 12.0. The molecule has 0 spiro atoms. The van der Waals surface area contributed by atoms with Crippen molar-refractivity contribution in [2.75, 3.05) is 26.4 Å². The number of sulfonamides is 1. The summed E-state index contributed by atoms with van der Waals surface area (Å²) in [6.07, 6.45) is 3.87. The highest BCUT2D eigenvalue weighted by Gasteiger charge is 2.30. The summed E-state index contributed by atoms with van der Waals surface area (Å²) in [5.41, 5.74) is 0. The molecule has 2 heterocycles. The van der Waals surface area contributed by atoms with Gasteiger partial charge in [-0.25, -0.2) is 21.8 Å². The van der Waals surface area contributed by atoms with E-state index in [2.05, 4.69) is 10.3 Å². The molecule has 1 aliphatic rings. The van der Waals surface area contributed by atoms with Gasteiger partial charge in [-0.2, -0.15) is 4.31 Å². The van der Waals surface area contributed by atoms with E-state index in [9.17, 15) is 16.8 Å². The second-order valence-corrected chi connectivity index (χ2v) is 9.00. The first-order valence-corrected chi connectivity index (χ1v) is 9.92. The van der Waals surface area contributed by atoms with E-state index in [0.29, 0.717) is 13.1 Å². The topological polar surface area (TPSA) is 96.4 Å². The first-order valence-electron chi connectivity index (χ1n) is 6.58. The largest absolute Gasteiger partial charge is 0.316 e. The van der Waals surface area contributed by atoms with Crippen LogP contribution in [0.2, 0.25) is 0 Å². The molecule has 1 N–H and O–H groups in total. The van der Waals surface area contributed by atoms with Crippen molar-refractivity contribution < 1.29 is 16.8 Å². The molecule has 1 aliphatic heterocycles. The molecule has 1 unspecified atom stereocenters. The van der Waals surface area contributed by atoms with Gasteiger partial charge >= 0.3 is 0 Å². The highest BCUT2D eigenvalue weighted by molar-refractivity contribution is 7.90. The van der Waals surface area contributed by atoms with Crippen LogP contribution >= 0.6 is 0 Å². The molecular weight excluding hydrogens is 314 g/mol. The second kappa shape index (κ2) is 5.99. The number of hydrogen-bond acceptors (Lipinski definition) is 6. The lowest BCUT2D eigenvalue weighted by molar-refractivity contribution is 0.293. The Hall–Kier alpha value is -1.03. The number of rotatable bonds is 4. The molecule has 0 saturated carbocycles. The Morgan fingerprint density at radius 3 is 2.52 bits per heavy atom. The lowest BCUT2D eigenvalue weighted by Gasteiger charge is -2.31. The minimum Gasteiger partial charge on any atom is -0.316 e. The number of hydrogen-bond donors (Lipinski definition) is 1. The van der Waals surface area contributed by atoms with Gasteiger partial charge in [-0.15, -0.1) is 0 Å². The minimum atomic E-state index is -3.63. The number of piperidine rings is 1. The average Bonchev–Trinajstić information content (AvgIpc) is 2.46. The third-order valence-corrected chi connectivity index (χ3v) is 6.37. The van der Waals surface area contributed by atoms with E-state index in [1.165, 1.54) is 16.4 Å². The number of aromatic nitrogens is 1. The van der Waals surface area contributed by atoms with Gasteiger partial charge in [0.25, 0.3) is 0 Å². The van der Waals surface area contributed by atoms with Crippen molar-refractivity contribution in [3.63, 3.8) is 0 Å². The van der Waals surface area contributed by atoms with Crippen molar-refractivity contribution in [2.24, 2.45) is 0 Å². The summed E-state index contributed by atoms with van der Waals surface area (Å²) in [5.74, 6) is 0. The van der Waals surface area contributed by atoms with E-state index in [0.717, 1.165) is 25.3 Å². The van der Waals surface area contributed by atoms with Crippen LogP contribution in [0.4, 0.5) is 0 Å². The van der Waals surface area contributed by atoms with Crippen LogP contribution in [-0.4, -0.2) is 58.6 Å². The Morgan fingerprint density at radius 2 is 2.00 bits per heavy atom. The Labute approximate surface area is 125 Å². The molecule has 0 aliphatic carbocycles. The lowest BCUT2D eigenvalue weighted by Crippen LogP contribution is -2.46. The fourth-order valence-electron chi connectivity index (χ4n) is 2.28. The molecule has 118 valence electrons. The van der Waals surface area contributed by atoms with Crippen LogP contribution < -0.4 is 5.32 Å². The Morgan fingerprint density at radius 1 is 1.29 bits per heavy atom. The second-order valence-electron chi connectivity index (χ2n) is 5.10. The number of nitrogens with one attached hydrogen (secondary N) is 1. The van der Waals surface area contributed by atoms with Gasteiger partial charge in [0.1, 0.15) is 4.90 Å². The molecular formula is C12H19N3O4S2. The Bertz CT molecular complexity index is 699. The fraction of sp³-hybridized carbons (Fsp3) is 0.583. The molecule has 9 heteroatoms. The molecule has 0 bridgehead atoms. The first kappa shape index (κ1) is 16.3. The molecule has 2 rings (SSSR count). The van der Waals surface area contributed by atoms with E-state index >= 15 is 0 Å². The Balaban J connectivity index is 2.27. The number of pyridine rings is 1. The number of nitrogens with zero attached hydrogens (tertiary/aromatic N) is 2. The molecule has 1 aromatic rings. The van der Waals surface area contributed by atoms with Gasteiger partial charge < -0.3 is 5.32 Å². The van der Waals surface area contributed by atoms with Gasteiger partial charge in [-0.3, -0.25) is 0 Å². The van der Waals surface area contributed by atoms with Gasteiger partial charge in [0.15, 0.2) is 14.9 Å². The van der Waals surface area contributed by atoms with E-state index in [1.807, 2.05) is 7.05 Å². The van der Waals surface area contributed by atoms with E-state index in [-0.39, 0.29) is 16.0 Å². The summed E-state index contributed by atoms with van der Waals surface area (Å²) in [5, 5.41) is 2.95. The maximum Gasteiger partial charge on any atom is 0.244 e. The summed E-state index contributed by atoms with van der Waals surface area (Å²) in [4.78, 5) is 3.76. The zero-order valence-corrected chi connectivity index (χ0v) is 13.6. The van der Waals surface area contributed by atoms with Crippen LogP contribution in [0.3, 0.4) is 0 Å². The maximum absolute atomic E-state index is 12.5. The third-order valence-electron chi connectivity index (χ3n) is 3.52. The highest BCUT2D eigenvalue weighted by atomic mass is 32.2. The van der Waals surface area contributed by atoms with Gasteiger partial charge in [0.2, 0.25) is 10.0 Å². The van der Waals surface area contributed by atoms with Crippen LogP contribution in [0.1, 0.15) is 12.8 Å². The SMILES string of the molecule is CNC1CCCN(S(=O)(=O)c2ccc(S(C)(=O)=O)nc2)C1. The molecule has 0 radical (unpaired) electrons. The average molecular weight is 333 g/mol. The number of sulfone groups is 1. The highest BCUT2D eigenvalue weighted by Crippen LogP contribution is 2.20. The van der Waals surface area contributed by atoms with E-state index in [1.54, 1.807) is 0 Å². The standard InChI is InChI=1S/C12H19N3O4S2/c1-13-10-4-3-7-15(9-10)21(18,19)11-5-6-12(14-8-11)20(2,16)17/h5-6,8,10,13H,3-4,7,9H2,1-2H3. The van der Waals surface area contributed by atoms with Crippen LogP contribution in [-0.2, 0) is 19.9 Å². The van der Waals surface area contributed by atoms with Gasteiger partial charge in [-0.05, 0) is 32.0 Å². The van der Waals surface area contributed by atoms with Crippen molar-refractivity contribution in [1.29, 1.82) is 0 Å². The summed E-state index contributed by atoms with van der Waals surface area (Å²) >= 11 is 0. The van der Waals surface area contributed by atoms with Crippen LogP contribution in [0, 0.1) is 0 Å². The van der Waals surface area contributed by atoms with Crippen molar-refractivity contribution in [1.82, 2.24) is 14.6 Å². The fourth-order valence-corrected chi connectivity index (χ4v) is 4.31. The van der Waals surface area contributed by atoms with Crippen molar-refractivity contribution in [2.45, 2.75) is 28.8 Å². The van der Waals surface area contributed by atoms with Crippen LogP contribution in [0.15, 0.2) is 28.3 Å². The van der Waals surface area contributed by atoms with Crippen LogP contribution in [0.25, 0.3) is 0 Å². The minimum absolute atomic E-state index is 0.0200. The molecule has 0 aromatic carbocycles. The van der Waals surface area contributed by atoms with Crippen molar-refractivity contribution in [3.8, 4) is 0 Å². The summed E-state index contributed by atoms with van der Waals surface area (Å²) in [7, 11) is -5.25. The maximum atomic E-state index is 12.5. The monoisotopic (exact) mass is 333 g/mol. The molecule has 1 fully saturated rings. The molecule has 1 atom stereocenters. The van der Waals surface area contributed by atoms with Crippen molar-refractivity contribution in [3.05, 3.63) is 18.3 Å².